The second-order valence-electron chi connectivity index (χ2n) is 4.90. The summed E-state index contributed by atoms with van der Waals surface area (Å²) < 4.78 is 3.02. The fourth-order valence-electron chi connectivity index (χ4n) is 2.30. The predicted octanol–water partition coefficient (Wildman–Crippen LogP) is 3.46. The van der Waals surface area contributed by atoms with Crippen LogP contribution in [0.5, 0.6) is 0 Å². The smallest absolute Gasteiger partial charge is 0.270 e. The maximum absolute atomic E-state index is 12.4. The van der Waals surface area contributed by atoms with Gasteiger partial charge in [0.2, 0.25) is 0 Å². The molecule has 0 aliphatic carbocycles. The van der Waals surface area contributed by atoms with E-state index < -0.39 is 0 Å². The molecule has 0 N–H and O–H groups in total. The van der Waals surface area contributed by atoms with E-state index in [0.717, 1.165) is 36.1 Å². The van der Waals surface area contributed by atoms with Crippen LogP contribution < -0.4 is 0 Å². The van der Waals surface area contributed by atoms with Gasteiger partial charge in [0.15, 0.2) is 0 Å². The maximum atomic E-state index is 12.4. The van der Waals surface area contributed by atoms with Crippen LogP contribution in [-0.2, 0) is 0 Å². The quantitative estimate of drug-likeness (QED) is 0.821. The zero-order valence-electron chi connectivity index (χ0n) is 10.4. The minimum absolute atomic E-state index is 0.170. The van der Waals surface area contributed by atoms with Crippen molar-refractivity contribution in [3.05, 3.63) is 22.4 Å². The molecule has 3 nitrogen and oxygen atoms in total. The van der Waals surface area contributed by atoms with Crippen LogP contribution in [0.15, 0.2) is 16.7 Å². The van der Waals surface area contributed by atoms with Crippen molar-refractivity contribution in [1.82, 2.24) is 9.47 Å². The normalized spacial score (nSPS) is 16.6. The Morgan fingerprint density at radius 1 is 1.29 bits per heavy atom. The van der Waals surface area contributed by atoms with Gasteiger partial charge in [-0.25, -0.2) is 0 Å². The van der Waals surface area contributed by atoms with Gasteiger partial charge in [0, 0.05) is 29.8 Å². The van der Waals surface area contributed by atoms with Crippen LogP contribution in [0.1, 0.15) is 49.6 Å². The monoisotopic (exact) mass is 298 g/mol. The molecule has 1 aromatic heterocycles. The van der Waals surface area contributed by atoms with Crippen molar-refractivity contribution in [2.75, 3.05) is 13.1 Å². The van der Waals surface area contributed by atoms with E-state index in [1.54, 1.807) is 0 Å². The van der Waals surface area contributed by atoms with E-state index in [-0.39, 0.29) is 5.91 Å². The molecule has 0 spiro atoms. The van der Waals surface area contributed by atoms with Gasteiger partial charge in [-0.2, -0.15) is 0 Å². The SMILES string of the molecule is CC(C)n1cc(Br)cc1C(=O)N1CCCCC1. The molecule has 4 heteroatoms. The molecule has 0 atom stereocenters. The van der Waals surface area contributed by atoms with E-state index in [9.17, 15) is 4.79 Å². The molecule has 1 saturated heterocycles. The molecular weight excluding hydrogens is 280 g/mol. The van der Waals surface area contributed by atoms with E-state index in [1.807, 2.05) is 21.7 Å². The highest BCUT2D eigenvalue weighted by Gasteiger charge is 2.22. The summed E-state index contributed by atoms with van der Waals surface area (Å²) in [6.45, 7) is 6.00. The van der Waals surface area contributed by atoms with Crippen molar-refractivity contribution in [1.29, 1.82) is 0 Å². The Morgan fingerprint density at radius 3 is 2.53 bits per heavy atom. The lowest BCUT2D eigenvalue weighted by Gasteiger charge is -2.27. The molecule has 2 rings (SSSR count). The van der Waals surface area contributed by atoms with Gasteiger partial charge in [-0.3, -0.25) is 4.79 Å². The molecule has 94 valence electrons. The topological polar surface area (TPSA) is 25.2 Å². The number of halogens is 1. The highest BCUT2D eigenvalue weighted by molar-refractivity contribution is 9.10. The Kier molecular flexibility index (Phi) is 3.92. The van der Waals surface area contributed by atoms with Gasteiger partial charge in [-0.05, 0) is 55.1 Å². The summed E-state index contributed by atoms with van der Waals surface area (Å²) in [5, 5.41) is 0. The zero-order chi connectivity index (χ0) is 12.4. The van der Waals surface area contributed by atoms with E-state index in [2.05, 4.69) is 29.8 Å². The summed E-state index contributed by atoms with van der Waals surface area (Å²) in [7, 11) is 0. The van der Waals surface area contributed by atoms with Crippen molar-refractivity contribution >= 4 is 21.8 Å². The van der Waals surface area contributed by atoms with Crippen LogP contribution >= 0.6 is 15.9 Å². The predicted molar refractivity (Wildman–Crippen MR) is 72.3 cm³/mol. The molecule has 0 bridgehead atoms. The molecule has 1 aliphatic rings. The molecule has 0 radical (unpaired) electrons. The summed E-state index contributed by atoms with van der Waals surface area (Å²) in [6, 6.07) is 2.24. The van der Waals surface area contributed by atoms with Crippen LogP contribution in [-0.4, -0.2) is 28.5 Å². The van der Waals surface area contributed by atoms with Crippen molar-refractivity contribution in [2.45, 2.75) is 39.2 Å². The number of amides is 1. The maximum Gasteiger partial charge on any atom is 0.270 e. The molecule has 2 heterocycles. The molecule has 0 aromatic carbocycles. The fraction of sp³-hybridized carbons (Fsp3) is 0.615. The van der Waals surface area contributed by atoms with E-state index >= 15 is 0 Å². The Balaban J connectivity index is 2.23. The van der Waals surface area contributed by atoms with E-state index in [4.69, 9.17) is 0 Å². The van der Waals surface area contributed by atoms with Crippen LogP contribution in [0.3, 0.4) is 0 Å². The Labute approximate surface area is 111 Å². The summed E-state index contributed by atoms with van der Waals surface area (Å²) in [4.78, 5) is 14.4. The first kappa shape index (κ1) is 12.7. The minimum Gasteiger partial charge on any atom is -0.340 e. The Morgan fingerprint density at radius 2 is 1.94 bits per heavy atom. The van der Waals surface area contributed by atoms with Crippen LogP contribution in [0, 0.1) is 0 Å². The largest absolute Gasteiger partial charge is 0.340 e. The number of carbonyl (C=O) groups is 1. The number of aromatic nitrogens is 1. The molecule has 1 aliphatic heterocycles. The summed E-state index contributed by atoms with van der Waals surface area (Å²) in [5.41, 5.74) is 0.800. The van der Waals surface area contributed by atoms with Gasteiger partial charge in [0.05, 0.1) is 0 Å². The molecule has 0 unspecified atom stereocenters. The number of piperidine rings is 1. The van der Waals surface area contributed by atoms with Gasteiger partial charge < -0.3 is 9.47 Å². The first-order valence-corrected chi connectivity index (χ1v) is 7.05. The van der Waals surface area contributed by atoms with Gasteiger partial charge in [0.25, 0.3) is 5.91 Å². The van der Waals surface area contributed by atoms with Crippen molar-refractivity contribution in [3.63, 3.8) is 0 Å². The first-order chi connectivity index (χ1) is 8.09. The lowest BCUT2D eigenvalue weighted by Crippen LogP contribution is -2.36. The van der Waals surface area contributed by atoms with Crippen LogP contribution in [0.4, 0.5) is 0 Å². The van der Waals surface area contributed by atoms with Crippen LogP contribution in [0.2, 0.25) is 0 Å². The lowest BCUT2D eigenvalue weighted by atomic mass is 10.1. The first-order valence-electron chi connectivity index (χ1n) is 6.26. The summed E-state index contributed by atoms with van der Waals surface area (Å²) >= 11 is 3.45. The third kappa shape index (κ3) is 2.73. The minimum atomic E-state index is 0.170. The summed E-state index contributed by atoms with van der Waals surface area (Å²) in [5.74, 6) is 0.170. The summed E-state index contributed by atoms with van der Waals surface area (Å²) in [6.07, 6.45) is 5.51. The fourth-order valence-corrected chi connectivity index (χ4v) is 2.74. The Bertz CT molecular complexity index is 406. The number of carbonyl (C=O) groups excluding carboxylic acids is 1. The molecule has 1 fully saturated rings. The number of hydrogen-bond acceptors (Lipinski definition) is 1. The highest BCUT2D eigenvalue weighted by atomic mass is 79.9. The van der Waals surface area contributed by atoms with Crippen LogP contribution in [0.25, 0.3) is 0 Å². The molecule has 0 saturated carbocycles. The second kappa shape index (κ2) is 5.25. The van der Waals surface area contributed by atoms with Crippen molar-refractivity contribution < 1.29 is 4.79 Å². The average Bonchev–Trinajstić information content (AvgIpc) is 2.72. The second-order valence-corrected chi connectivity index (χ2v) is 5.81. The third-order valence-corrected chi connectivity index (χ3v) is 3.67. The average molecular weight is 299 g/mol. The van der Waals surface area contributed by atoms with E-state index in [1.165, 1.54) is 6.42 Å². The molecule has 1 aromatic rings. The number of hydrogen-bond donors (Lipinski definition) is 0. The number of likely N-dealkylation sites (tertiary alicyclic amines) is 1. The molecule has 1 amide bonds. The third-order valence-electron chi connectivity index (χ3n) is 3.23. The zero-order valence-corrected chi connectivity index (χ0v) is 12.0. The van der Waals surface area contributed by atoms with Gasteiger partial charge in [-0.15, -0.1) is 0 Å². The van der Waals surface area contributed by atoms with Crippen molar-refractivity contribution in [2.24, 2.45) is 0 Å². The van der Waals surface area contributed by atoms with Gasteiger partial charge in [-0.1, -0.05) is 0 Å². The standard InChI is InChI=1S/C13H19BrN2O/c1-10(2)16-9-11(14)8-12(16)13(17)15-6-4-3-5-7-15/h8-10H,3-7H2,1-2H3. The van der Waals surface area contributed by atoms with Gasteiger partial charge >= 0.3 is 0 Å². The van der Waals surface area contributed by atoms with Crippen molar-refractivity contribution in [3.8, 4) is 0 Å². The number of rotatable bonds is 2. The van der Waals surface area contributed by atoms with E-state index in [0.29, 0.717) is 6.04 Å². The van der Waals surface area contributed by atoms with Gasteiger partial charge in [0.1, 0.15) is 5.69 Å². The number of nitrogens with zero attached hydrogens (tertiary/aromatic N) is 2. The molecular formula is C13H19BrN2O. The lowest BCUT2D eigenvalue weighted by molar-refractivity contribution is 0.0711. The highest BCUT2D eigenvalue weighted by Crippen LogP contribution is 2.22. The Hall–Kier alpha value is -0.770. The molecule has 17 heavy (non-hydrogen) atoms.